The maximum atomic E-state index is 14.5. The number of fused-ring (bicyclic) bond motifs is 1. The molecule has 2 aromatic rings. The second kappa shape index (κ2) is 10.4. The monoisotopic (exact) mass is 504 g/mol. The Bertz CT molecular complexity index is 1120. The van der Waals surface area contributed by atoms with E-state index in [1.807, 2.05) is 0 Å². The highest BCUT2D eigenvalue weighted by Crippen LogP contribution is 2.37. The number of ether oxygens (including phenoxy) is 2. The lowest BCUT2D eigenvalue weighted by Gasteiger charge is -2.37. The van der Waals surface area contributed by atoms with Crippen LogP contribution in [0.15, 0.2) is 48.3 Å². The smallest absolute Gasteiger partial charge is 0.486 e. The highest BCUT2D eigenvalue weighted by molar-refractivity contribution is 6.31. The van der Waals surface area contributed by atoms with Gasteiger partial charge in [0.15, 0.2) is 11.6 Å². The van der Waals surface area contributed by atoms with E-state index in [4.69, 9.17) is 22.1 Å². The number of nitrogens with zero attached hydrogens (tertiary/aromatic N) is 1. The summed E-state index contributed by atoms with van der Waals surface area (Å²) in [6.07, 6.45) is -6.63. The summed E-state index contributed by atoms with van der Waals surface area (Å²) < 4.78 is 75.5. The highest BCUT2D eigenvalue weighted by Gasteiger charge is 2.45. The van der Waals surface area contributed by atoms with Crippen LogP contribution in [0.4, 0.5) is 22.0 Å². The van der Waals surface area contributed by atoms with E-state index in [-0.39, 0.29) is 59.9 Å². The quantitative estimate of drug-likeness (QED) is 0.463. The van der Waals surface area contributed by atoms with Crippen molar-refractivity contribution < 1.29 is 41.0 Å². The van der Waals surface area contributed by atoms with Crippen molar-refractivity contribution in [3.8, 4) is 5.75 Å². The molecule has 1 amide bonds. The van der Waals surface area contributed by atoms with E-state index in [0.717, 1.165) is 17.0 Å². The van der Waals surface area contributed by atoms with Gasteiger partial charge in [-0.3, -0.25) is 9.69 Å². The summed E-state index contributed by atoms with van der Waals surface area (Å²) in [7, 11) is 0. The molecule has 1 aliphatic rings. The molecule has 2 N–H and O–H groups in total. The summed E-state index contributed by atoms with van der Waals surface area (Å²) in [6.45, 7) is -0.615. The summed E-state index contributed by atoms with van der Waals surface area (Å²) >= 11 is 6.12. The van der Waals surface area contributed by atoms with Crippen LogP contribution >= 0.6 is 11.6 Å². The average molecular weight is 505 g/mol. The van der Waals surface area contributed by atoms with E-state index in [1.165, 1.54) is 24.3 Å². The Hall–Kier alpha value is -3.18. The predicted octanol–water partition coefficient (Wildman–Crippen LogP) is 4.47. The first-order chi connectivity index (χ1) is 16.1. The molecule has 0 spiro atoms. The molecular formula is C22H18ClF5N2O4. The van der Waals surface area contributed by atoms with Crippen molar-refractivity contribution in [2.24, 2.45) is 5.73 Å². The van der Waals surface area contributed by atoms with E-state index in [9.17, 15) is 31.5 Å². The number of carbonyl (C=O) groups is 2. The van der Waals surface area contributed by atoms with Crippen molar-refractivity contribution >= 4 is 23.5 Å². The van der Waals surface area contributed by atoms with Crippen molar-refractivity contribution in [2.75, 3.05) is 19.7 Å². The zero-order valence-electron chi connectivity index (χ0n) is 17.4. The van der Waals surface area contributed by atoms with Gasteiger partial charge >= 0.3 is 12.1 Å². The first-order valence-electron chi connectivity index (χ1n) is 9.83. The Kier molecular flexibility index (Phi) is 7.78. The lowest BCUT2D eigenvalue weighted by Crippen LogP contribution is -2.43. The Labute approximate surface area is 195 Å². The summed E-state index contributed by atoms with van der Waals surface area (Å²) in [5, 5.41) is 0.240. The molecule has 34 heavy (non-hydrogen) atoms. The third kappa shape index (κ3) is 5.48. The van der Waals surface area contributed by atoms with Gasteiger partial charge in [0.1, 0.15) is 6.61 Å². The Balaban J connectivity index is 1.90. The molecule has 2 aromatic carbocycles. The van der Waals surface area contributed by atoms with Crippen molar-refractivity contribution in [3.63, 3.8) is 0 Å². The van der Waals surface area contributed by atoms with Crippen LogP contribution in [0, 0.1) is 5.82 Å². The summed E-state index contributed by atoms with van der Waals surface area (Å²) in [5.74, 6) is -4.64. The molecule has 0 saturated heterocycles. The first kappa shape index (κ1) is 25.4. The van der Waals surface area contributed by atoms with Gasteiger partial charge in [0.2, 0.25) is 6.23 Å². The van der Waals surface area contributed by atoms with Crippen LogP contribution in [0.5, 0.6) is 5.75 Å². The molecule has 1 aliphatic heterocycles. The van der Waals surface area contributed by atoms with Crippen molar-refractivity contribution in [1.29, 1.82) is 0 Å². The standard InChI is InChI=1S/C22H18ClF5N2O4/c23-16-3-1-2-15-14(16)6-7-30(20(15)34-21(32)22(26,27)28)19(31)13-4-5-18(17(25)8-13)33-11-12(9-24)10-29/h1-5,8-9,20H,6-7,10-11,29H2/b12-9-. The molecule has 12 heteroatoms. The van der Waals surface area contributed by atoms with Crippen molar-refractivity contribution in [2.45, 2.75) is 18.8 Å². The van der Waals surface area contributed by atoms with Gasteiger partial charge in [-0.25, -0.2) is 13.6 Å². The fourth-order valence-electron chi connectivity index (χ4n) is 3.31. The minimum absolute atomic E-state index is 0.0690. The van der Waals surface area contributed by atoms with Crippen LogP contribution in [-0.2, 0) is 16.0 Å². The zero-order valence-corrected chi connectivity index (χ0v) is 18.1. The summed E-state index contributed by atoms with van der Waals surface area (Å²) in [5.41, 5.74) is 5.68. The third-order valence-corrected chi connectivity index (χ3v) is 5.38. The van der Waals surface area contributed by atoms with Gasteiger partial charge in [0.25, 0.3) is 5.91 Å². The van der Waals surface area contributed by atoms with Crippen molar-refractivity contribution in [1.82, 2.24) is 4.90 Å². The van der Waals surface area contributed by atoms with E-state index in [0.29, 0.717) is 5.56 Å². The van der Waals surface area contributed by atoms with Crippen LogP contribution in [-0.4, -0.2) is 42.6 Å². The van der Waals surface area contributed by atoms with Gasteiger partial charge in [-0.15, -0.1) is 0 Å². The molecule has 0 saturated carbocycles. The maximum absolute atomic E-state index is 14.5. The Morgan fingerprint density at radius 1 is 1.24 bits per heavy atom. The zero-order chi connectivity index (χ0) is 25.0. The fraction of sp³-hybridized carbons (Fsp3) is 0.273. The molecule has 0 aromatic heterocycles. The number of rotatable bonds is 6. The Morgan fingerprint density at radius 2 is 1.97 bits per heavy atom. The van der Waals surface area contributed by atoms with Crippen molar-refractivity contribution in [3.05, 3.63) is 75.8 Å². The topological polar surface area (TPSA) is 81.9 Å². The molecule has 6 nitrogen and oxygen atoms in total. The average Bonchev–Trinajstić information content (AvgIpc) is 2.80. The third-order valence-electron chi connectivity index (χ3n) is 5.03. The van der Waals surface area contributed by atoms with Gasteiger partial charge in [0, 0.05) is 34.8 Å². The molecular weight excluding hydrogens is 487 g/mol. The van der Waals surface area contributed by atoms with Gasteiger partial charge in [-0.1, -0.05) is 23.7 Å². The first-order valence-corrected chi connectivity index (χ1v) is 10.2. The van der Waals surface area contributed by atoms with E-state index >= 15 is 0 Å². The molecule has 1 unspecified atom stereocenters. The summed E-state index contributed by atoms with van der Waals surface area (Å²) in [6, 6.07) is 7.45. The number of hydrogen-bond donors (Lipinski definition) is 1. The lowest BCUT2D eigenvalue weighted by molar-refractivity contribution is -0.212. The Morgan fingerprint density at radius 3 is 2.59 bits per heavy atom. The number of amides is 1. The molecule has 0 fully saturated rings. The fourth-order valence-corrected chi connectivity index (χ4v) is 3.59. The molecule has 1 atom stereocenters. The van der Waals surface area contributed by atoms with Gasteiger partial charge < -0.3 is 15.2 Å². The molecule has 0 aliphatic carbocycles. The van der Waals surface area contributed by atoms with Gasteiger partial charge in [0.05, 0.1) is 6.33 Å². The second-order valence-corrected chi connectivity index (χ2v) is 7.62. The largest absolute Gasteiger partial charge is 0.491 e. The minimum atomic E-state index is -5.30. The predicted molar refractivity (Wildman–Crippen MR) is 111 cm³/mol. The molecule has 0 radical (unpaired) electrons. The second-order valence-electron chi connectivity index (χ2n) is 7.22. The van der Waals surface area contributed by atoms with Crippen LogP contribution in [0.25, 0.3) is 0 Å². The van der Waals surface area contributed by atoms with Crippen LogP contribution < -0.4 is 10.5 Å². The normalized spacial score (nSPS) is 16.1. The van der Waals surface area contributed by atoms with Gasteiger partial charge in [-0.2, -0.15) is 13.2 Å². The number of hydrogen-bond acceptors (Lipinski definition) is 5. The SMILES string of the molecule is NC/C(=C/F)COc1ccc(C(=O)N2CCc3c(Cl)cccc3C2OC(=O)C(F)(F)F)cc1F. The number of esters is 1. The molecule has 0 bridgehead atoms. The van der Waals surface area contributed by atoms with Crippen LogP contribution in [0.3, 0.4) is 0 Å². The minimum Gasteiger partial charge on any atom is -0.486 e. The maximum Gasteiger partial charge on any atom is 0.491 e. The lowest BCUT2D eigenvalue weighted by atomic mass is 9.97. The number of carbonyl (C=O) groups excluding carboxylic acids is 2. The highest BCUT2D eigenvalue weighted by atomic mass is 35.5. The number of benzene rings is 2. The molecule has 1 heterocycles. The van der Waals surface area contributed by atoms with E-state index < -0.39 is 30.1 Å². The molecule has 3 rings (SSSR count). The number of alkyl halides is 3. The van der Waals surface area contributed by atoms with Crippen LogP contribution in [0.1, 0.15) is 27.7 Å². The number of nitrogens with two attached hydrogens (primary N) is 1. The summed E-state index contributed by atoms with van der Waals surface area (Å²) in [4.78, 5) is 25.6. The van der Waals surface area contributed by atoms with Crippen LogP contribution in [0.2, 0.25) is 5.02 Å². The van der Waals surface area contributed by atoms with E-state index in [1.54, 1.807) is 0 Å². The van der Waals surface area contributed by atoms with E-state index in [2.05, 4.69) is 4.74 Å². The molecule has 182 valence electrons. The van der Waals surface area contributed by atoms with Gasteiger partial charge in [-0.05, 0) is 36.2 Å². The number of halogens is 6.